The van der Waals surface area contributed by atoms with Gasteiger partial charge in [-0.1, -0.05) is 0 Å². The SMILES string of the molecule is CC1=NC(N)=NC(C)=NC1. The van der Waals surface area contributed by atoms with E-state index in [1.54, 1.807) is 6.92 Å². The fraction of sp³-hybridized carbons (Fsp3) is 0.500. The minimum absolute atomic E-state index is 0.302. The molecule has 0 aliphatic carbocycles. The molecule has 0 radical (unpaired) electrons. The topological polar surface area (TPSA) is 63.1 Å². The summed E-state index contributed by atoms with van der Waals surface area (Å²) in [5.74, 6) is 0.995. The van der Waals surface area contributed by atoms with E-state index in [1.807, 2.05) is 6.92 Å². The van der Waals surface area contributed by atoms with Gasteiger partial charge in [0.1, 0.15) is 5.84 Å². The summed E-state index contributed by atoms with van der Waals surface area (Å²) in [5.41, 5.74) is 6.30. The largest absolute Gasteiger partial charge is 0.368 e. The summed E-state index contributed by atoms with van der Waals surface area (Å²) < 4.78 is 0. The third-order valence-electron chi connectivity index (χ3n) is 1.12. The van der Waals surface area contributed by atoms with Crippen LogP contribution in [0.25, 0.3) is 0 Å². The van der Waals surface area contributed by atoms with E-state index in [9.17, 15) is 0 Å². The van der Waals surface area contributed by atoms with Gasteiger partial charge in [-0.15, -0.1) is 0 Å². The van der Waals surface area contributed by atoms with E-state index in [-0.39, 0.29) is 0 Å². The Morgan fingerprint density at radius 3 is 2.70 bits per heavy atom. The third-order valence-corrected chi connectivity index (χ3v) is 1.12. The van der Waals surface area contributed by atoms with Gasteiger partial charge in [-0.2, -0.15) is 4.99 Å². The van der Waals surface area contributed by atoms with Crippen molar-refractivity contribution in [3.8, 4) is 0 Å². The molecular formula is C6H10N4. The van der Waals surface area contributed by atoms with Crippen LogP contribution in [0.1, 0.15) is 13.8 Å². The zero-order valence-electron chi connectivity index (χ0n) is 6.13. The van der Waals surface area contributed by atoms with Gasteiger partial charge in [-0.05, 0) is 13.8 Å². The first-order valence-electron chi connectivity index (χ1n) is 3.08. The Morgan fingerprint density at radius 1 is 1.30 bits per heavy atom. The summed E-state index contributed by atoms with van der Waals surface area (Å²) in [6.45, 7) is 4.29. The van der Waals surface area contributed by atoms with Crippen molar-refractivity contribution in [2.75, 3.05) is 6.54 Å². The first-order chi connectivity index (χ1) is 4.68. The number of hydrogen-bond donors (Lipinski definition) is 1. The first-order valence-corrected chi connectivity index (χ1v) is 3.08. The van der Waals surface area contributed by atoms with Crippen LogP contribution in [0, 0.1) is 0 Å². The van der Waals surface area contributed by atoms with Gasteiger partial charge >= 0.3 is 0 Å². The molecule has 0 aromatic heterocycles. The van der Waals surface area contributed by atoms with Gasteiger partial charge < -0.3 is 5.73 Å². The molecular weight excluding hydrogens is 128 g/mol. The summed E-state index contributed by atoms with van der Waals surface area (Å²) in [4.78, 5) is 11.9. The van der Waals surface area contributed by atoms with E-state index in [1.165, 1.54) is 0 Å². The predicted molar refractivity (Wildman–Crippen MR) is 42.7 cm³/mol. The number of nitrogens with zero attached hydrogens (tertiary/aromatic N) is 3. The second kappa shape index (κ2) is 2.60. The number of nitrogens with two attached hydrogens (primary N) is 1. The van der Waals surface area contributed by atoms with Crippen LogP contribution in [0.4, 0.5) is 0 Å². The quantitative estimate of drug-likeness (QED) is 0.510. The summed E-state index contributed by atoms with van der Waals surface area (Å²) in [6, 6.07) is 0. The molecule has 0 bridgehead atoms. The zero-order valence-corrected chi connectivity index (χ0v) is 6.13. The molecule has 4 nitrogen and oxygen atoms in total. The van der Waals surface area contributed by atoms with Gasteiger partial charge in [0.15, 0.2) is 0 Å². The first kappa shape index (κ1) is 6.92. The normalized spacial score (nSPS) is 18.8. The lowest BCUT2D eigenvalue weighted by Gasteiger charge is -1.88. The fourth-order valence-corrected chi connectivity index (χ4v) is 0.686. The monoisotopic (exact) mass is 138 g/mol. The van der Waals surface area contributed by atoms with Crippen LogP contribution >= 0.6 is 0 Å². The van der Waals surface area contributed by atoms with Crippen molar-refractivity contribution in [3.05, 3.63) is 0 Å². The van der Waals surface area contributed by atoms with E-state index in [0.717, 1.165) is 5.71 Å². The lowest BCUT2D eigenvalue weighted by Crippen LogP contribution is -2.10. The van der Waals surface area contributed by atoms with Gasteiger partial charge in [0.2, 0.25) is 5.96 Å². The molecule has 0 spiro atoms. The molecule has 1 aliphatic heterocycles. The molecule has 0 fully saturated rings. The summed E-state index contributed by atoms with van der Waals surface area (Å²) in [7, 11) is 0. The fourth-order valence-electron chi connectivity index (χ4n) is 0.686. The lowest BCUT2D eigenvalue weighted by atomic mass is 10.4. The number of guanidine groups is 1. The maximum Gasteiger partial charge on any atom is 0.221 e. The average Bonchev–Trinajstić information content (AvgIpc) is 1.93. The van der Waals surface area contributed by atoms with Crippen LogP contribution in [-0.2, 0) is 0 Å². The van der Waals surface area contributed by atoms with Crippen molar-refractivity contribution in [1.82, 2.24) is 0 Å². The third kappa shape index (κ3) is 1.65. The van der Waals surface area contributed by atoms with Crippen molar-refractivity contribution in [1.29, 1.82) is 0 Å². The lowest BCUT2D eigenvalue weighted by molar-refractivity contribution is 1.27. The predicted octanol–water partition coefficient (Wildman–Crippen LogP) is 0.194. The van der Waals surface area contributed by atoms with Gasteiger partial charge in [-0.3, -0.25) is 4.99 Å². The molecule has 0 atom stereocenters. The molecule has 0 amide bonds. The van der Waals surface area contributed by atoms with Crippen LogP contribution < -0.4 is 5.73 Å². The highest BCUT2D eigenvalue weighted by Crippen LogP contribution is 1.90. The van der Waals surface area contributed by atoms with Crippen molar-refractivity contribution >= 4 is 17.5 Å². The molecule has 0 aromatic rings. The van der Waals surface area contributed by atoms with Crippen LogP contribution in [-0.4, -0.2) is 24.1 Å². The van der Waals surface area contributed by atoms with E-state index in [0.29, 0.717) is 18.3 Å². The Labute approximate surface area is 59.6 Å². The minimum atomic E-state index is 0.302. The Morgan fingerprint density at radius 2 is 2.00 bits per heavy atom. The Balaban J connectivity index is 2.90. The minimum Gasteiger partial charge on any atom is -0.368 e. The standard InChI is InChI=1S/C6H10N4/c1-4-3-8-5(2)10-6(7)9-4/h3H2,1-2H3,(H2,7,8,10). The van der Waals surface area contributed by atoms with E-state index in [4.69, 9.17) is 5.73 Å². The highest BCUT2D eigenvalue weighted by molar-refractivity contribution is 6.04. The maximum absolute atomic E-state index is 5.40. The molecule has 4 heteroatoms. The molecule has 10 heavy (non-hydrogen) atoms. The smallest absolute Gasteiger partial charge is 0.221 e. The Hall–Kier alpha value is -1.19. The van der Waals surface area contributed by atoms with Crippen molar-refractivity contribution in [2.45, 2.75) is 13.8 Å². The molecule has 1 aliphatic rings. The van der Waals surface area contributed by atoms with Gasteiger partial charge in [0, 0.05) is 5.71 Å². The van der Waals surface area contributed by atoms with Crippen LogP contribution in [0.5, 0.6) is 0 Å². The van der Waals surface area contributed by atoms with Gasteiger partial charge in [0.25, 0.3) is 0 Å². The molecule has 0 saturated heterocycles. The highest BCUT2D eigenvalue weighted by Gasteiger charge is 1.98. The second-order valence-electron chi connectivity index (χ2n) is 2.18. The molecule has 1 rings (SSSR count). The summed E-state index contributed by atoms with van der Waals surface area (Å²) >= 11 is 0. The molecule has 2 N–H and O–H groups in total. The van der Waals surface area contributed by atoms with E-state index in [2.05, 4.69) is 15.0 Å². The molecule has 0 unspecified atom stereocenters. The molecule has 0 aromatic carbocycles. The Bertz CT molecular complexity index is 224. The second-order valence-corrected chi connectivity index (χ2v) is 2.18. The van der Waals surface area contributed by atoms with Crippen molar-refractivity contribution < 1.29 is 0 Å². The van der Waals surface area contributed by atoms with Crippen LogP contribution in [0.2, 0.25) is 0 Å². The van der Waals surface area contributed by atoms with Crippen LogP contribution in [0.15, 0.2) is 15.0 Å². The number of hydrogen-bond acceptors (Lipinski definition) is 4. The van der Waals surface area contributed by atoms with E-state index < -0.39 is 0 Å². The average molecular weight is 138 g/mol. The Kier molecular flexibility index (Phi) is 1.80. The van der Waals surface area contributed by atoms with Crippen LogP contribution in [0.3, 0.4) is 0 Å². The molecule has 54 valence electrons. The van der Waals surface area contributed by atoms with Crippen molar-refractivity contribution in [2.24, 2.45) is 20.7 Å². The van der Waals surface area contributed by atoms with Crippen molar-refractivity contribution in [3.63, 3.8) is 0 Å². The van der Waals surface area contributed by atoms with Gasteiger partial charge in [0.05, 0.1) is 6.54 Å². The zero-order chi connectivity index (χ0) is 7.56. The number of rotatable bonds is 0. The summed E-state index contributed by atoms with van der Waals surface area (Å²) in [5, 5.41) is 0. The molecule has 0 saturated carbocycles. The summed E-state index contributed by atoms with van der Waals surface area (Å²) in [6.07, 6.45) is 0. The van der Waals surface area contributed by atoms with Gasteiger partial charge in [-0.25, -0.2) is 4.99 Å². The molecule has 1 heterocycles. The van der Waals surface area contributed by atoms with E-state index >= 15 is 0 Å². The number of amidine groups is 1. The number of aliphatic imine (C=N–C) groups is 3. The maximum atomic E-state index is 5.40. The highest BCUT2D eigenvalue weighted by atomic mass is 15.1.